The van der Waals surface area contributed by atoms with Gasteiger partial charge in [-0.15, -0.1) is 0 Å². The van der Waals surface area contributed by atoms with Crippen molar-refractivity contribution in [3.8, 4) is 0 Å². The molecule has 0 aromatic carbocycles. The number of likely N-dealkylation sites (tertiary alicyclic amines) is 1. The highest BCUT2D eigenvalue weighted by atomic mass is 16.4. The maximum Gasteiger partial charge on any atom is 0.329 e. The standard InChI is InChI=1S/C21H30N4O5/c1-14(26)23-18(20(28)29)21(30)9-12-25(13-10-21)17(27)6-2-5-16-8-7-15-4-3-11-22-19(15)24-16/h7-8,18,30H,2-6,9-13H2,1H3,(H,22,24)(H,23,26)(H,28,29). The molecule has 1 fully saturated rings. The number of nitrogens with zero attached hydrogens (tertiary/aromatic N) is 2. The van der Waals surface area contributed by atoms with Gasteiger partial charge in [-0.25, -0.2) is 9.78 Å². The van der Waals surface area contributed by atoms with Gasteiger partial charge in [0.1, 0.15) is 5.82 Å². The van der Waals surface area contributed by atoms with Gasteiger partial charge in [-0.2, -0.15) is 0 Å². The molecule has 0 spiro atoms. The summed E-state index contributed by atoms with van der Waals surface area (Å²) in [6.07, 6.45) is 4.13. The maximum absolute atomic E-state index is 12.5. The number of hydrogen-bond acceptors (Lipinski definition) is 6. The number of hydrogen-bond donors (Lipinski definition) is 4. The van der Waals surface area contributed by atoms with Crippen molar-refractivity contribution in [2.45, 2.75) is 63.5 Å². The molecule has 164 valence electrons. The fourth-order valence-corrected chi connectivity index (χ4v) is 4.15. The van der Waals surface area contributed by atoms with Crippen molar-refractivity contribution in [3.05, 3.63) is 23.4 Å². The summed E-state index contributed by atoms with van der Waals surface area (Å²) in [6.45, 7) is 2.68. The van der Waals surface area contributed by atoms with Crippen LogP contribution in [0.2, 0.25) is 0 Å². The third kappa shape index (κ3) is 5.27. The molecule has 0 bridgehead atoms. The quantitative estimate of drug-likeness (QED) is 0.513. The third-order valence-electron chi connectivity index (χ3n) is 5.89. The number of carbonyl (C=O) groups excluding carboxylic acids is 2. The molecule has 9 nitrogen and oxygen atoms in total. The Balaban J connectivity index is 1.47. The summed E-state index contributed by atoms with van der Waals surface area (Å²) in [5.41, 5.74) is 0.637. The number of amides is 2. The number of carboxylic acids is 1. The predicted octanol–water partition coefficient (Wildman–Crippen LogP) is 0.705. The second-order valence-corrected chi connectivity index (χ2v) is 8.15. The first-order valence-electron chi connectivity index (χ1n) is 10.5. The van der Waals surface area contributed by atoms with Gasteiger partial charge in [0.2, 0.25) is 11.8 Å². The summed E-state index contributed by atoms with van der Waals surface area (Å²) in [7, 11) is 0. The Morgan fingerprint density at radius 2 is 2.03 bits per heavy atom. The van der Waals surface area contributed by atoms with Crippen LogP contribution in [0.5, 0.6) is 0 Å². The van der Waals surface area contributed by atoms with Gasteiger partial charge in [0.25, 0.3) is 0 Å². The first kappa shape index (κ1) is 22.0. The number of carboxylic acid groups (broad SMARTS) is 1. The largest absolute Gasteiger partial charge is 0.480 e. The number of rotatable bonds is 7. The SMILES string of the molecule is CC(=O)NC(C(=O)O)C1(O)CCN(C(=O)CCCc2ccc3c(n2)NCCC3)CC1. The Kier molecular flexibility index (Phi) is 6.91. The van der Waals surface area contributed by atoms with E-state index in [-0.39, 0.29) is 31.8 Å². The Bertz CT molecular complexity index is 805. The summed E-state index contributed by atoms with van der Waals surface area (Å²) >= 11 is 0. The lowest BCUT2D eigenvalue weighted by molar-refractivity contribution is -0.154. The summed E-state index contributed by atoms with van der Waals surface area (Å²) in [5, 5.41) is 25.7. The average molecular weight is 418 g/mol. The summed E-state index contributed by atoms with van der Waals surface area (Å²) < 4.78 is 0. The number of aryl methyl sites for hydroxylation is 2. The van der Waals surface area contributed by atoms with Crippen LogP contribution in [0, 0.1) is 0 Å². The van der Waals surface area contributed by atoms with Crippen molar-refractivity contribution in [2.75, 3.05) is 25.0 Å². The van der Waals surface area contributed by atoms with Crippen molar-refractivity contribution in [2.24, 2.45) is 0 Å². The molecule has 9 heteroatoms. The van der Waals surface area contributed by atoms with E-state index in [0.29, 0.717) is 19.3 Å². The summed E-state index contributed by atoms with van der Waals surface area (Å²) in [6, 6.07) is 2.74. The van der Waals surface area contributed by atoms with Crippen molar-refractivity contribution in [1.29, 1.82) is 0 Å². The van der Waals surface area contributed by atoms with Crippen molar-refractivity contribution in [3.63, 3.8) is 0 Å². The fourth-order valence-electron chi connectivity index (χ4n) is 4.15. The topological polar surface area (TPSA) is 132 Å². The molecule has 2 amide bonds. The molecular weight excluding hydrogens is 388 g/mol. The zero-order valence-electron chi connectivity index (χ0n) is 17.3. The molecule has 1 saturated heterocycles. The van der Waals surface area contributed by atoms with Crippen LogP contribution >= 0.6 is 0 Å². The Morgan fingerprint density at radius 3 is 2.70 bits per heavy atom. The van der Waals surface area contributed by atoms with Crippen LogP contribution in [0.15, 0.2) is 12.1 Å². The second kappa shape index (κ2) is 9.42. The molecule has 2 aliphatic rings. The van der Waals surface area contributed by atoms with Gasteiger partial charge in [-0.3, -0.25) is 9.59 Å². The number of fused-ring (bicyclic) bond motifs is 1. The molecule has 2 aliphatic heterocycles. The van der Waals surface area contributed by atoms with E-state index in [1.165, 1.54) is 12.5 Å². The van der Waals surface area contributed by atoms with Crippen LogP contribution in [0.25, 0.3) is 0 Å². The predicted molar refractivity (Wildman–Crippen MR) is 110 cm³/mol. The molecule has 0 radical (unpaired) electrons. The van der Waals surface area contributed by atoms with Crippen LogP contribution in [0.4, 0.5) is 5.82 Å². The Morgan fingerprint density at radius 1 is 1.30 bits per heavy atom. The molecular formula is C21H30N4O5. The number of carbonyl (C=O) groups is 3. The van der Waals surface area contributed by atoms with Gasteiger partial charge in [0.05, 0.1) is 5.60 Å². The zero-order chi connectivity index (χ0) is 21.7. The maximum atomic E-state index is 12.5. The number of aliphatic carboxylic acids is 1. The molecule has 1 atom stereocenters. The van der Waals surface area contributed by atoms with Crippen molar-refractivity contribution < 1.29 is 24.6 Å². The lowest BCUT2D eigenvalue weighted by atomic mass is 9.84. The first-order chi connectivity index (χ1) is 14.3. The average Bonchev–Trinajstić information content (AvgIpc) is 2.72. The highest BCUT2D eigenvalue weighted by molar-refractivity contribution is 5.83. The number of nitrogens with one attached hydrogen (secondary N) is 2. The fraction of sp³-hybridized carbons (Fsp3) is 0.619. The summed E-state index contributed by atoms with van der Waals surface area (Å²) in [5.74, 6) is -0.855. The van der Waals surface area contributed by atoms with E-state index in [4.69, 9.17) is 0 Å². The van der Waals surface area contributed by atoms with Gasteiger partial charge in [0, 0.05) is 38.7 Å². The van der Waals surface area contributed by atoms with Crippen LogP contribution in [0.3, 0.4) is 0 Å². The monoisotopic (exact) mass is 418 g/mol. The molecule has 0 aliphatic carbocycles. The Labute approximate surface area is 175 Å². The molecule has 0 saturated carbocycles. The van der Waals surface area contributed by atoms with E-state index in [9.17, 15) is 24.6 Å². The highest BCUT2D eigenvalue weighted by Crippen LogP contribution is 2.27. The van der Waals surface area contributed by atoms with Crippen LogP contribution in [0.1, 0.15) is 50.3 Å². The molecule has 1 aromatic heterocycles. The van der Waals surface area contributed by atoms with Crippen LogP contribution < -0.4 is 10.6 Å². The normalized spacial score (nSPS) is 18.7. The van der Waals surface area contributed by atoms with Crippen molar-refractivity contribution in [1.82, 2.24) is 15.2 Å². The molecule has 1 aromatic rings. The van der Waals surface area contributed by atoms with Crippen molar-refractivity contribution >= 4 is 23.6 Å². The Hall–Kier alpha value is -2.68. The number of piperidine rings is 1. The number of anilines is 1. The van der Waals surface area contributed by atoms with Gasteiger partial charge in [-0.1, -0.05) is 6.07 Å². The summed E-state index contributed by atoms with van der Waals surface area (Å²) in [4.78, 5) is 41.6. The minimum Gasteiger partial charge on any atom is -0.480 e. The molecule has 1 unspecified atom stereocenters. The first-order valence-corrected chi connectivity index (χ1v) is 10.5. The lowest BCUT2D eigenvalue weighted by Gasteiger charge is -2.41. The van der Waals surface area contributed by atoms with E-state index in [1.54, 1.807) is 4.90 Å². The molecule has 3 heterocycles. The van der Waals surface area contributed by atoms with Gasteiger partial charge in [0.15, 0.2) is 6.04 Å². The van der Waals surface area contributed by atoms with Gasteiger partial charge in [-0.05, 0) is 50.2 Å². The molecule has 30 heavy (non-hydrogen) atoms. The van der Waals surface area contributed by atoms with Gasteiger partial charge < -0.3 is 25.7 Å². The van der Waals surface area contributed by atoms with E-state index in [2.05, 4.69) is 21.7 Å². The van der Waals surface area contributed by atoms with Crippen LogP contribution in [-0.4, -0.2) is 69.2 Å². The second-order valence-electron chi connectivity index (χ2n) is 8.15. The van der Waals surface area contributed by atoms with E-state index in [1.807, 2.05) is 6.07 Å². The lowest BCUT2D eigenvalue weighted by Crippen LogP contribution is -2.61. The van der Waals surface area contributed by atoms with E-state index >= 15 is 0 Å². The van der Waals surface area contributed by atoms with Crippen LogP contribution in [-0.2, 0) is 27.2 Å². The van der Waals surface area contributed by atoms with E-state index < -0.39 is 23.5 Å². The minimum atomic E-state index is -1.56. The number of pyridine rings is 1. The molecule has 4 N–H and O–H groups in total. The smallest absolute Gasteiger partial charge is 0.329 e. The molecule has 3 rings (SSSR count). The highest BCUT2D eigenvalue weighted by Gasteiger charge is 2.45. The van der Waals surface area contributed by atoms with E-state index in [0.717, 1.165) is 30.9 Å². The zero-order valence-corrected chi connectivity index (χ0v) is 17.3. The van der Waals surface area contributed by atoms with Gasteiger partial charge >= 0.3 is 5.97 Å². The third-order valence-corrected chi connectivity index (χ3v) is 5.89. The number of aromatic nitrogens is 1. The minimum absolute atomic E-state index is 0.0143. The number of aliphatic hydroxyl groups is 1.